The van der Waals surface area contributed by atoms with Crippen molar-refractivity contribution in [1.29, 1.82) is 0 Å². The van der Waals surface area contributed by atoms with Crippen LogP contribution in [0, 0.1) is 18.7 Å². The topological polar surface area (TPSA) is 24.4 Å². The number of anilines is 1. The molecule has 98 valence electrons. The highest BCUT2D eigenvalue weighted by Crippen LogP contribution is 2.28. The van der Waals surface area contributed by atoms with E-state index in [4.69, 9.17) is 0 Å². The highest BCUT2D eigenvalue weighted by molar-refractivity contribution is 8.15. The minimum absolute atomic E-state index is 0.187. The SMILES string of the molecule is Cc1cccc(NC2=NCC(CC(C)C)S2)c1F. The molecule has 1 aliphatic rings. The molecule has 1 atom stereocenters. The standard InChI is InChI=1S/C14H19FN2S/c1-9(2)7-11-8-16-14(18-11)17-12-6-4-5-10(3)13(12)15/h4-6,9,11H,7-8H2,1-3H3,(H,16,17). The highest BCUT2D eigenvalue weighted by atomic mass is 32.2. The lowest BCUT2D eigenvalue weighted by Gasteiger charge is -2.12. The maximum atomic E-state index is 13.8. The summed E-state index contributed by atoms with van der Waals surface area (Å²) >= 11 is 1.72. The number of aryl methyl sites for hydroxylation is 1. The number of rotatable bonds is 3. The summed E-state index contributed by atoms with van der Waals surface area (Å²) in [4.78, 5) is 4.44. The largest absolute Gasteiger partial charge is 0.333 e. The zero-order chi connectivity index (χ0) is 13.1. The van der Waals surface area contributed by atoms with Gasteiger partial charge in [-0.2, -0.15) is 0 Å². The fourth-order valence-corrected chi connectivity index (χ4v) is 3.26. The van der Waals surface area contributed by atoms with Gasteiger partial charge in [0.1, 0.15) is 5.82 Å². The van der Waals surface area contributed by atoms with E-state index in [0.717, 1.165) is 18.1 Å². The van der Waals surface area contributed by atoms with Crippen LogP contribution in [-0.2, 0) is 0 Å². The first kappa shape index (κ1) is 13.4. The molecule has 0 fully saturated rings. The Morgan fingerprint density at radius 2 is 2.28 bits per heavy atom. The Bertz CT molecular complexity index is 457. The number of hydrogen-bond donors (Lipinski definition) is 1. The molecular formula is C14H19FN2S. The van der Waals surface area contributed by atoms with Crippen LogP contribution in [0.1, 0.15) is 25.8 Å². The van der Waals surface area contributed by atoms with Crippen LogP contribution in [0.5, 0.6) is 0 Å². The van der Waals surface area contributed by atoms with Gasteiger partial charge in [0.2, 0.25) is 0 Å². The minimum Gasteiger partial charge on any atom is -0.333 e. The second kappa shape index (κ2) is 5.74. The third kappa shape index (κ3) is 3.25. The highest BCUT2D eigenvalue weighted by Gasteiger charge is 2.21. The first-order valence-electron chi connectivity index (χ1n) is 6.29. The lowest BCUT2D eigenvalue weighted by atomic mass is 10.1. The summed E-state index contributed by atoms with van der Waals surface area (Å²) < 4.78 is 13.8. The van der Waals surface area contributed by atoms with Crippen molar-refractivity contribution in [3.05, 3.63) is 29.6 Å². The van der Waals surface area contributed by atoms with Gasteiger partial charge in [0.25, 0.3) is 0 Å². The lowest BCUT2D eigenvalue weighted by molar-refractivity contribution is 0.575. The van der Waals surface area contributed by atoms with Gasteiger partial charge in [0.15, 0.2) is 5.17 Å². The maximum Gasteiger partial charge on any atom is 0.161 e. The van der Waals surface area contributed by atoms with Crippen LogP contribution in [0.4, 0.5) is 10.1 Å². The number of halogens is 1. The van der Waals surface area contributed by atoms with Gasteiger partial charge in [-0.25, -0.2) is 4.39 Å². The zero-order valence-electron chi connectivity index (χ0n) is 11.0. The Balaban J connectivity index is 1.97. The summed E-state index contributed by atoms with van der Waals surface area (Å²) in [7, 11) is 0. The van der Waals surface area contributed by atoms with Crippen molar-refractivity contribution in [3.8, 4) is 0 Å². The van der Waals surface area contributed by atoms with E-state index in [-0.39, 0.29) is 5.82 Å². The van der Waals surface area contributed by atoms with Crippen LogP contribution in [0.2, 0.25) is 0 Å². The van der Waals surface area contributed by atoms with E-state index < -0.39 is 0 Å². The van der Waals surface area contributed by atoms with Crippen LogP contribution in [0.25, 0.3) is 0 Å². The third-order valence-electron chi connectivity index (χ3n) is 2.88. The molecule has 1 N–H and O–H groups in total. The van der Waals surface area contributed by atoms with E-state index >= 15 is 0 Å². The number of nitrogens with one attached hydrogen (secondary N) is 1. The Labute approximate surface area is 112 Å². The quantitative estimate of drug-likeness (QED) is 0.892. The van der Waals surface area contributed by atoms with Crippen LogP contribution in [0.15, 0.2) is 23.2 Å². The Kier molecular flexibility index (Phi) is 4.27. The predicted molar refractivity (Wildman–Crippen MR) is 77.9 cm³/mol. The molecular weight excluding hydrogens is 247 g/mol. The van der Waals surface area contributed by atoms with Crippen molar-refractivity contribution in [2.24, 2.45) is 10.9 Å². The molecule has 0 amide bonds. The van der Waals surface area contributed by atoms with Gasteiger partial charge in [0, 0.05) is 5.25 Å². The Morgan fingerprint density at radius 1 is 1.50 bits per heavy atom. The molecule has 1 unspecified atom stereocenters. The number of amidine groups is 1. The normalized spacial score (nSPS) is 19.2. The molecule has 1 aliphatic heterocycles. The molecule has 0 saturated carbocycles. The maximum absolute atomic E-state index is 13.8. The molecule has 1 aromatic carbocycles. The number of nitrogens with zero attached hydrogens (tertiary/aromatic N) is 1. The van der Waals surface area contributed by atoms with Crippen molar-refractivity contribution in [1.82, 2.24) is 0 Å². The molecule has 0 spiro atoms. The van der Waals surface area contributed by atoms with Crippen molar-refractivity contribution < 1.29 is 4.39 Å². The lowest BCUT2D eigenvalue weighted by Crippen LogP contribution is -2.10. The van der Waals surface area contributed by atoms with Gasteiger partial charge in [-0.15, -0.1) is 0 Å². The van der Waals surface area contributed by atoms with E-state index in [1.807, 2.05) is 6.07 Å². The number of benzene rings is 1. The van der Waals surface area contributed by atoms with Crippen molar-refractivity contribution in [3.63, 3.8) is 0 Å². The molecule has 0 aromatic heterocycles. The van der Waals surface area contributed by atoms with Crippen LogP contribution >= 0.6 is 11.8 Å². The number of thioether (sulfide) groups is 1. The molecule has 4 heteroatoms. The van der Waals surface area contributed by atoms with E-state index in [1.54, 1.807) is 30.8 Å². The second-order valence-electron chi connectivity index (χ2n) is 5.08. The molecule has 0 aliphatic carbocycles. The van der Waals surface area contributed by atoms with Crippen molar-refractivity contribution in [2.75, 3.05) is 11.9 Å². The summed E-state index contributed by atoms with van der Waals surface area (Å²) in [5.41, 5.74) is 1.17. The third-order valence-corrected chi connectivity index (χ3v) is 4.01. The minimum atomic E-state index is -0.187. The molecule has 2 rings (SSSR count). The average molecular weight is 266 g/mol. The number of aliphatic imine (C=N–C) groups is 1. The fraction of sp³-hybridized carbons (Fsp3) is 0.500. The van der Waals surface area contributed by atoms with Gasteiger partial charge in [0.05, 0.1) is 12.2 Å². The first-order chi connectivity index (χ1) is 8.56. The molecule has 1 heterocycles. The van der Waals surface area contributed by atoms with E-state index in [0.29, 0.717) is 22.4 Å². The summed E-state index contributed by atoms with van der Waals surface area (Å²) in [6, 6.07) is 5.37. The van der Waals surface area contributed by atoms with Crippen LogP contribution in [-0.4, -0.2) is 17.0 Å². The smallest absolute Gasteiger partial charge is 0.161 e. The molecule has 2 nitrogen and oxygen atoms in total. The Morgan fingerprint density at radius 3 is 3.00 bits per heavy atom. The molecule has 0 saturated heterocycles. The zero-order valence-corrected chi connectivity index (χ0v) is 11.9. The van der Waals surface area contributed by atoms with Gasteiger partial charge < -0.3 is 5.32 Å². The van der Waals surface area contributed by atoms with E-state index in [9.17, 15) is 4.39 Å². The predicted octanol–water partition coefficient (Wildman–Crippen LogP) is 4.06. The summed E-state index contributed by atoms with van der Waals surface area (Å²) in [5.74, 6) is 0.487. The fourth-order valence-electron chi connectivity index (χ4n) is 1.99. The molecule has 1 aromatic rings. The van der Waals surface area contributed by atoms with Crippen LogP contribution < -0.4 is 5.32 Å². The van der Waals surface area contributed by atoms with Gasteiger partial charge in [-0.05, 0) is 30.9 Å². The summed E-state index contributed by atoms with van der Waals surface area (Å²) in [5, 5.41) is 4.46. The molecule has 0 radical (unpaired) electrons. The second-order valence-corrected chi connectivity index (χ2v) is 6.37. The average Bonchev–Trinajstić information content (AvgIpc) is 2.71. The van der Waals surface area contributed by atoms with Gasteiger partial charge in [-0.1, -0.05) is 37.7 Å². The van der Waals surface area contributed by atoms with E-state index in [1.165, 1.54) is 0 Å². The molecule has 18 heavy (non-hydrogen) atoms. The first-order valence-corrected chi connectivity index (χ1v) is 7.17. The van der Waals surface area contributed by atoms with E-state index in [2.05, 4.69) is 24.2 Å². The summed E-state index contributed by atoms with van der Waals surface area (Å²) in [6.07, 6.45) is 1.15. The molecule has 0 bridgehead atoms. The Hall–Kier alpha value is -1.03. The van der Waals surface area contributed by atoms with Gasteiger partial charge >= 0.3 is 0 Å². The van der Waals surface area contributed by atoms with Crippen molar-refractivity contribution >= 4 is 22.6 Å². The number of hydrogen-bond acceptors (Lipinski definition) is 3. The van der Waals surface area contributed by atoms with Crippen LogP contribution in [0.3, 0.4) is 0 Å². The summed E-state index contributed by atoms with van der Waals surface area (Å²) in [6.45, 7) is 7.03. The van der Waals surface area contributed by atoms with Gasteiger partial charge in [-0.3, -0.25) is 4.99 Å². The van der Waals surface area contributed by atoms with Crippen molar-refractivity contribution in [2.45, 2.75) is 32.4 Å². The monoisotopic (exact) mass is 266 g/mol.